The minimum Gasteiger partial charge on any atom is -0.465 e. The first kappa shape index (κ1) is 12.8. The van der Waals surface area contributed by atoms with Crippen molar-refractivity contribution in [3.8, 4) is 11.3 Å². The first-order valence-electron chi connectivity index (χ1n) is 5.72. The summed E-state index contributed by atoms with van der Waals surface area (Å²) in [5.41, 5.74) is 1.03. The van der Waals surface area contributed by atoms with Gasteiger partial charge in [0.15, 0.2) is 0 Å². The van der Waals surface area contributed by atoms with E-state index in [1.165, 1.54) is 11.8 Å². The molecule has 4 heteroatoms. The quantitative estimate of drug-likeness (QED) is 0.609. The zero-order chi connectivity index (χ0) is 12.8. The Morgan fingerprint density at radius 1 is 1.28 bits per heavy atom. The van der Waals surface area contributed by atoms with E-state index in [-0.39, 0.29) is 5.97 Å². The standard InChI is InChI=1S/C14H14O3S/c1-2-16-14(15)10-18-12-7-5-11(6-8-12)13-4-3-9-17-13/h3-9H,2,10H2,1H3. The first-order valence-corrected chi connectivity index (χ1v) is 6.70. The second-order valence-electron chi connectivity index (χ2n) is 3.60. The number of thioether (sulfide) groups is 1. The topological polar surface area (TPSA) is 39.4 Å². The van der Waals surface area contributed by atoms with Crippen LogP contribution >= 0.6 is 11.8 Å². The van der Waals surface area contributed by atoms with Crippen LogP contribution in [-0.4, -0.2) is 18.3 Å². The number of benzene rings is 1. The lowest BCUT2D eigenvalue weighted by molar-refractivity contribution is -0.139. The molecule has 0 aliphatic rings. The van der Waals surface area contributed by atoms with Crippen LogP contribution in [0, 0.1) is 0 Å². The molecule has 3 nitrogen and oxygen atoms in total. The van der Waals surface area contributed by atoms with E-state index < -0.39 is 0 Å². The number of furan rings is 1. The summed E-state index contributed by atoms with van der Waals surface area (Å²) in [6, 6.07) is 11.7. The minimum atomic E-state index is -0.183. The third-order valence-electron chi connectivity index (χ3n) is 2.32. The van der Waals surface area contributed by atoms with Gasteiger partial charge in [-0.1, -0.05) is 12.1 Å². The van der Waals surface area contributed by atoms with Gasteiger partial charge in [-0.3, -0.25) is 4.79 Å². The lowest BCUT2D eigenvalue weighted by atomic mass is 10.2. The van der Waals surface area contributed by atoms with Crippen LogP contribution in [0.4, 0.5) is 0 Å². The Balaban J connectivity index is 1.94. The summed E-state index contributed by atoms with van der Waals surface area (Å²) in [6.07, 6.45) is 1.65. The predicted octanol–water partition coefficient (Wildman–Crippen LogP) is 3.60. The second-order valence-corrected chi connectivity index (χ2v) is 4.64. The maximum absolute atomic E-state index is 11.2. The van der Waals surface area contributed by atoms with Crippen molar-refractivity contribution >= 4 is 17.7 Å². The van der Waals surface area contributed by atoms with Gasteiger partial charge in [0.1, 0.15) is 5.76 Å². The van der Waals surface area contributed by atoms with Gasteiger partial charge >= 0.3 is 5.97 Å². The van der Waals surface area contributed by atoms with E-state index in [9.17, 15) is 4.79 Å². The third-order valence-corrected chi connectivity index (χ3v) is 3.31. The molecule has 0 atom stereocenters. The Labute approximate surface area is 110 Å². The Kier molecular flexibility index (Phi) is 4.47. The van der Waals surface area contributed by atoms with E-state index >= 15 is 0 Å². The molecule has 2 aromatic rings. The second kappa shape index (κ2) is 6.31. The Hall–Kier alpha value is -1.68. The van der Waals surface area contributed by atoms with Crippen molar-refractivity contribution in [1.82, 2.24) is 0 Å². The molecule has 1 heterocycles. The van der Waals surface area contributed by atoms with Gasteiger partial charge in [0.2, 0.25) is 0 Å². The van der Waals surface area contributed by atoms with Crippen LogP contribution in [-0.2, 0) is 9.53 Å². The summed E-state index contributed by atoms with van der Waals surface area (Å²) in [4.78, 5) is 12.3. The van der Waals surface area contributed by atoms with E-state index in [4.69, 9.17) is 9.15 Å². The van der Waals surface area contributed by atoms with Crippen molar-refractivity contribution in [2.45, 2.75) is 11.8 Å². The number of carbonyl (C=O) groups is 1. The molecule has 18 heavy (non-hydrogen) atoms. The zero-order valence-corrected chi connectivity index (χ0v) is 10.9. The third kappa shape index (κ3) is 3.40. The van der Waals surface area contributed by atoms with Gasteiger partial charge in [-0.25, -0.2) is 0 Å². The highest BCUT2D eigenvalue weighted by Crippen LogP contribution is 2.24. The lowest BCUT2D eigenvalue weighted by Gasteiger charge is -2.03. The SMILES string of the molecule is CCOC(=O)CSc1ccc(-c2ccco2)cc1. The fourth-order valence-electron chi connectivity index (χ4n) is 1.50. The van der Waals surface area contributed by atoms with Gasteiger partial charge < -0.3 is 9.15 Å². The van der Waals surface area contributed by atoms with Gasteiger partial charge in [0.25, 0.3) is 0 Å². The average molecular weight is 262 g/mol. The van der Waals surface area contributed by atoms with E-state index in [0.717, 1.165) is 16.2 Å². The van der Waals surface area contributed by atoms with Crippen molar-refractivity contribution in [2.24, 2.45) is 0 Å². The van der Waals surface area contributed by atoms with Crippen molar-refractivity contribution in [2.75, 3.05) is 12.4 Å². The summed E-state index contributed by atoms with van der Waals surface area (Å²) in [5, 5.41) is 0. The molecule has 0 unspecified atom stereocenters. The van der Waals surface area contributed by atoms with Gasteiger partial charge in [0.05, 0.1) is 18.6 Å². The van der Waals surface area contributed by atoms with Gasteiger partial charge in [-0.15, -0.1) is 11.8 Å². The van der Waals surface area contributed by atoms with Gasteiger partial charge in [0, 0.05) is 10.5 Å². The van der Waals surface area contributed by atoms with E-state index in [0.29, 0.717) is 12.4 Å². The largest absolute Gasteiger partial charge is 0.465 e. The summed E-state index contributed by atoms with van der Waals surface area (Å²) in [6.45, 7) is 2.23. The molecule has 0 aliphatic heterocycles. The molecule has 0 N–H and O–H groups in total. The van der Waals surface area contributed by atoms with Gasteiger partial charge in [-0.2, -0.15) is 0 Å². The molecule has 94 valence electrons. The zero-order valence-electron chi connectivity index (χ0n) is 10.1. The fourth-order valence-corrected chi connectivity index (χ4v) is 2.20. The highest BCUT2D eigenvalue weighted by molar-refractivity contribution is 8.00. The normalized spacial score (nSPS) is 10.3. The molecule has 0 aliphatic carbocycles. The number of carbonyl (C=O) groups excluding carboxylic acids is 1. The summed E-state index contributed by atoms with van der Waals surface area (Å²) in [7, 11) is 0. The van der Waals surface area contributed by atoms with Crippen LogP contribution in [0.3, 0.4) is 0 Å². The molecular weight excluding hydrogens is 248 g/mol. The smallest absolute Gasteiger partial charge is 0.316 e. The van der Waals surface area contributed by atoms with E-state index in [2.05, 4.69) is 0 Å². The first-order chi connectivity index (χ1) is 8.79. The summed E-state index contributed by atoms with van der Waals surface area (Å²) in [5.74, 6) is 1.00. The molecule has 0 saturated heterocycles. The van der Waals surface area contributed by atoms with Crippen LogP contribution in [0.5, 0.6) is 0 Å². The molecule has 0 spiro atoms. The molecule has 0 saturated carbocycles. The van der Waals surface area contributed by atoms with Crippen LogP contribution in [0.1, 0.15) is 6.92 Å². The van der Waals surface area contributed by atoms with Gasteiger partial charge in [-0.05, 0) is 31.2 Å². The van der Waals surface area contributed by atoms with Crippen molar-refractivity contribution in [3.05, 3.63) is 42.7 Å². The van der Waals surface area contributed by atoms with E-state index in [1.54, 1.807) is 13.2 Å². The van der Waals surface area contributed by atoms with Crippen molar-refractivity contribution < 1.29 is 13.9 Å². The molecule has 2 rings (SSSR count). The van der Waals surface area contributed by atoms with Crippen LogP contribution in [0.25, 0.3) is 11.3 Å². The van der Waals surface area contributed by atoms with Crippen LogP contribution < -0.4 is 0 Å². The fraction of sp³-hybridized carbons (Fsp3) is 0.214. The minimum absolute atomic E-state index is 0.183. The predicted molar refractivity (Wildman–Crippen MR) is 71.5 cm³/mol. The highest BCUT2D eigenvalue weighted by atomic mass is 32.2. The maximum Gasteiger partial charge on any atom is 0.316 e. The number of hydrogen-bond acceptors (Lipinski definition) is 4. The van der Waals surface area contributed by atoms with Crippen LogP contribution in [0.2, 0.25) is 0 Å². The Morgan fingerprint density at radius 3 is 2.67 bits per heavy atom. The summed E-state index contributed by atoms with van der Waals surface area (Å²) < 4.78 is 10.2. The molecular formula is C14H14O3S. The average Bonchev–Trinajstić information content (AvgIpc) is 2.91. The van der Waals surface area contributed by atoms with E-state index in [1.807, 2.05) is 36.4 Å². The summed E-state index contributed by atoms with van der Waals surface area (Å²) >= 11 is 1.47. The molecule has 1 aromatic heterocycles. The number of hydrogen-bond donors (Lipinski definition) is 0. The molecule has 0 bridgehead atoms. The number of ether oxygens (including phenoxy) is 1. The Morgan fingerprint density at radius 2 is 2.06 bits per heavy atom. The number of esters is 1. The Bertz CT molecular complexity index is 488. The molecule has 1 aromatic carbocycles. The monoisotopic (exact) mass is 262 g/mol. The van der Waals surface area contributed by atoms with Crippen molar-refractivity contribution in [1.29, 1.82) is 0 Å². The lowest BCUT2D eigenvalue weighted by Crippen LogP contribution is -2.06. The molecule has 0 fully saturated rings. The maximum atomic E-state index is 11.2. The highest BCUT2D eigenvalue weighted by Gasteiger charge is 2.04. The van der Waals surface area contributed by atoms with Crippen LogP contribution in [0.15, 0.2) is 52.0 Å². The number of rotatable bonds is 5. The van der Waals surface area contributed by atoms with Crippen molar-refractivity contribution in [3.63, 3.8) is 0 Å². The molecule has 0 amide bonds. The molecule has 0 radical (unpaired) electrons.